The van der Waals surface area contributed by atoms with Crippen LogP contribution in [0, 0.1) is 11.3 Å². The van der Waals surface area contributed by atoms with Gasteiger partial charge in [0, 0.05) is 6.42 Å². The second-order valence-corrected chi connectivity index (χ2v) is 3.38. The molecule has 3 heteroatoms. The second-order valence-electron chi connectivity index (χ2n) is 3.38. The number of nitrogens with two attached hydrogens (primary N) is 1. The van der Waals surface area contributed by atoms with Gasteiger partial charge in [-0.3, -0.25) is 0 Å². The first-order valence-corrected chi connectivity index (χ1v) is 4.01. The molecule has 0 aliphatic rings. The highest BCUT2D eigenvalue weighted by molar-refractivity contribution is 5.29. The van der Waals surface area contributed by atoms with E-state index in [1.165, 1.54) is 0 Å². The summed E-state index contributed by atoms with van der Waals surface area (Å²) in [6, 6.07) is 8.78. The lowest BCUT2D eigenvalue weighted by Crippen LogP contribution is -2.36. The Hall–Kier alpha value is -1.53. The van der Waals surface area contributed by atoms with Gasteiger partial charge in [-0.25, -0.2) is 0 Å². The van der Waals surface area contributed by atoms with Crippen LogP contribution < -0.4 is 5.73 Å². The van der Waals surface area contributed by atoms with E-state index in [-0.39, 0.29) is 5.75 Å². The Morgan fingerprint density at radius 2 is 2.31 bits per heavy atom. The standard InChI is InChI=1S/C10H12N2O/c1-10(12,7-11)6-8-3-2-4-9(13)5-8/h2-5,13H,6,12H2,1H3. The number of aromatic hydroxyl groups is 1. The third kappa shape index (κ3) is 2.77. The highest BCUT2D eigenvalue weighted by Gasteiger charge is 2.17. The number of nitrogens with zero attached hydrogens (tertiary/aromatic N) is 1. The van der Waals surface area contributed by atoms with Gasteiger partial charge in [0.05, 0.1) is 6.07 Å². The SMILES string of the molecule is CC(N)(C#N)Cc1cccc(O)c1. The lowest BCUT2D eigenvalue weighted by Gasteiger charge is -2.14. The van der Waals surface area contributed by atoms with Crippen LogP contribution in [0.1, 0.15) is 12.5 Å². The molecule has 3 N–H and O–H groups in total. The molecule has 13 heavy (non-hydrogen) atoms. The van der Waals surface area contributed by atoms with E-state index in [1.807, 2.05) is 12.1 Å². The van der Waals surface area contributed by atoms with Crippen LogP contribution in [0.25, 0.3) is 0 Å². The van der Waals surface area contributed by atoms with Crippen molar-refractivity contribution in [3.05, 3.63) is 29.8 Å². The van der Waals surface area contributed by atoms with Gasteiger partial charge < -0.3 is 10.8 Å². The fourth-order valence-electron chi connectivity index (χ4n) is 1.13. The summed E-state index contributed by atoms with van der Waals surface area (Å²) in [7, 11) is 0. The molecule has 1 unspecified atom stereocenters. The third-order valence-electron chi connectivity index (χ3n) is 1.74. The molecule has 0 aliphatic heterocycles. The van der Waals surface area contributed by atoms with Crippen LogP contribution in [0.3, 0.4) is 0 Å². The van der Waals surface area contributed by atoms with Crippen LogP contribution in [0.2, 0.25) is 0 Å². The summed E-state index contributed by atoms with van der Waals surface area (Å²) in [5.74, 6) is 0.200. The summed E-state index contributed by atoms with van der Waals surface area (Å²) in [4.78, 5) is 0. The van der Waals surface area contributed by atoms with Crippen LogP contribution in [0.15, 0.2) is 24.3 Å². The first-order valence-electron chi connectivity index (χ1n) is 4.01. The number of rotatable bonds is 2. The summed E-state index contributed by atoms with van der Waals surface area (Å²) in [5, 5.41) is 17.8. The largest absolute Gasteiger partial charge is 0.508 e. The van der Waals surface area contributed by atoms with E-state index >= 15 is 0 Å². The van der Waals surface area contributed by atoms with Gasteiger partial charge in [0.1, 0.15) is 11.3 Å². The molecule has 0 radical (unpaired) electrons. The quantitative estimate of drug-likeness (QED) is 0.710. The lowest BCUT2D eigenvalue weighted by atomic mass is 9.96. The zero-order valence-corrected chi connectivity index (χ0v) is 7.49. The maximum Gasteiger partial charge on any atom is 0.115 e. The smallest absolute Gasteiger partial charge is 0.115 e. The fourth-order valence-corrected chi connectivity index (χ4v) is 1.13. The molecular weight excluding hydrogens is 164 g/mol. The van der Waals surface area contributed by atoms with Gasteiger partial charge in [0.2, 0.25) is 0 Å². The molecule has 0 saturated heterocycles. The van der Waals surface area contributed by atoms with Crippen molar-refractivity contribution in [2.75, 3.05) is 0 Å². The van der Waals surface area contributed by atoms with Crippen molar-refractivity contribution < 1.29 is 5.11 Å². The number of phenols is 1. The number of phenolic OH excluding ortho intramolecular Hbond substituents is 1. The molecule has 3 nitrogen and oxygen atoms in total. The third-order valence-corrected chi connectivity index (χ3v) is 1.74. The molecule has 1 aromatic rings. The monoisotopic (exact) mass is 176 g/mol. The minimum absolute atomic E-state index is 0.200. The minimum Gasteiger partial charge on any atom is -0.508 e. The van der Waals surface area contributed by atoms with Gasteiger partial charge in [-0.1, -0.05) is 12.1 Å². The van der Waals surface area contributed by atoms with Crippen molar-refractivity contribution in [3.63, 3.8) is 0 Å². The van der Waals surface area contributed by atoms with Crippen molar-refractivity contribution in [2.24, 2.45) is 5.73 Å². The molecule has 0 spiro atoms. The summed E-state index contributed by atoms with van der Waals surface area (Å²) in [5.41, 5.74) is 5.66. The second kappa shape index (κ2) is 3.46. The Labute approximate surface area is 77.4 Å². The normalized spacial score (nSPS) is 14.5. The predicted octanol–water partition coefficient (Wildman–Crippen LogP) is 1.18. The fraction of sp³-hybridized carbons (Fsp3) is 0.300. The Kier molecular flexibility index (Phi) is 2.54. The minimum atomic E-state index is -0.867. The average Bonchev–Trinajstić information content (AvgIpc) is 2.03. The first-order chi connectivity index (χ1) is 6.03. The van der Waals surface area contributed by atoms with Crippen molar-refractivity contribution in [1.29, 1.82) is 5.26 Å². The van der Waals surface area contributed by atoms with E-state index in [0.29, 0.717) is 6.42 Å². The van der Waals surface area contributed by atoms with Gasteiger partial charge in [0.15, 0.2) is 0 Å². The van der Waals surface area contributed by atoms with E-state index in [0.717, 1.165) is 5.56 Å². The van der Waals surface area contributed by atoms with Crippen LogP contribution in [0.5, 0.6) is 5.75 Å². The zero-order valence-electron chi connectivity index (χ0n) is 7.49. The molecule has 0 bridgehead atoms. The molecule has 0 aliphatic carbocycles. The lowest BCUT2D eigenvalue weighted by molar-refractivity contribution is 0.473. The number of nitriles is 1. The van der Waals surface area contributed by atoms with Crippen LogP contribution in [-0.4, -0.2) is 10.6 Å². The Morgan fingerprint density at radius 1 is 1.62 bits per heavy atom. The number of hydrogen-bond acceptors (Lipinski definition) is 3. The molecule has 0 saturated carbocycles. The van der Waals surface area contributed by atoms with Crippen molar-refractivity contribution in [3.8, 4) is 11.8 Å². The molecule has 68 valence electrons. The van der Waals surface area contributed by atoms with Crippen molar-refractivity contribution in [1.82, 2.24) is 0 Å². The number of hydrogen-bond donors (Lipinski definition) is 2. The Balaban J connectivity index is 2.82. The van der Waals surface area contributed by atoms with Gasteiger partial charge in [-0.05, 0) is 24.6 Å². The Bertz CT molecular complexity index is 339. The van der Waals surface area contributed by atoms with Gasteiger partial charge in [-0.2, -0.15) is 5.26 Å². The summed E-state index contributed by atoms with van der Waals surface area (Å²) < 4.78 is 0. The maximum absolute atomic E-state index is 9.16. The van der Waals surface area contributed by atoms with E-state index in [9.17, 15) is 0 Å². The molecule has 1 atom stereocenters. The highest BCUT2D eigenvalue weighted by atomic mass is 16.3. The van der Waals surface area contributed by atoms with E-state index in [2.05, 4.69) is 0 Å². The maximum atomic E-state index is 9.16. The molecular formula is C10H12N2O. The molecule has 0 fully saturated rings. The van der Waals surface area contributed by atoms with Crippen LogP contribution in [-0.2, 0) is 6.42 Å². The van der Waals surface area contributed by atoms with Gasteiger partial charge >= 0.3 is 0 Å². The van der Waals surface area contributed by atoms with Gasteiger partial charge in [-0.15, -0.1) is 0 Å². The van der Waals surface area contributed by atoms with E-state index in [1.54, 1.807) is 25.1 Å². The molecule has 0 heterocycles. The topological polar surface area (TPSA) is 70.0 Å². The summed E-state index contributed by atoms with van der Waals surface area (Å²) in [6.45, 7) is 1.66. The summed E-state index contributed by atoms with van der Waals surface area (Å²) in [6.07, 6.45) is 0.442. The highest BCUT2D eigenvalue weighted by Crippen LogP contribution is 2.15. The van der Waals surface area contributed by atoms with Crippen molar-refractivity contribution >= 4 is 0 Å². The van der Waals surface area contributed by atoms with Crippen molar-refractivity contribution in [2.45, 2.75) is 18.9 Å². The molecule has 1 aromatic carbocycles. The Morgan fingerprint density at radius 3 is 2.85 bits per heavy atom. The zero-order chi connectivity index (χ0) is 9.90. The predicted molar refractivity (Wildman–Crippen MR) is 50.0 cm³/mol. The average molecular weight is 176 g/mol. The first kappa shape index (κ1) is 9.56. The van der Waals surface area contributed by atoms with Crippen LogP contribution in [0.4, 0.5) is 0 Å². The molecule has 0 aromatic heterocycles. The van der Waals surface area contributed by atoms with Crippen LogP contribution >= 0.6 is 0 Å². The van der Waals surface area contributed by atoms with Gasteiger partial charge in [0.25, 0.3) is 0 Å². The van der Waals surface area contributed by atoms with E-state index in [4.69, 9.17) is 16.1 Å². The summed E-state index contributed by atoms with van der Waals surface area (Å²) >= 11 is 0. The molecule has 0 amide bonds. The number of benzene rings is 1. The molecule has 1 rings (SSSR count). The van der Waals surface area contributed by atoms with E-state index < -0.39 is 5.54 Å².